The lowest BCUT2D eigenvalue weighted by Crippen LogP contribution is -2.14. The standard InChI is InChI=1S/C18H13ClF3N3O/c1-25-16(15(19)10-23-25)11-4-3-7-14(9-11)24-17(26)12-5-2-6-13(8-12)18(20,21)22/h2-10H,1H3,(H,24,26). The molecule has 0 saturated carbocycles. The average Bonchev–Trinajstić information content (AvgIpc) is 2.93. The summed E-state index contributed by atoms with van der Waals surface area (Å²) >= 11 is 6.12. The molecular formula is C18H13ClF3N3O. The van der Waals surface area contributed by atoms with E-state index in [2.05, 4.69) is 10.4 Å². The first-order chi connectivity index (χ1) is 12.3. The van der Waals surface area contributed by atoms with Crippen LogP contribution < -0.4 is 5.32 Å². The minimum Gasteiger partial charge on any atom is -0.322 e. The number of carbonyl (C=O) groups is 1. The molecule has 0 aliphatic carbocycles. The van der Waals surface area contributed by atoms with E-state index in [9.17, 15) is 18.0 Å². The number of benzene rings is 2. The van der Waals surface area contributed by atoms with Crippen molar-refractivity contribution in [2.24, 2.45) is 7.05 Å². The highest BCUT2D eigenvalue weighted by Gasteiger charge is 2.30. The zero-order valence-electron chi connectivity index (χ0n) is 13.5. The Bertz CT molecular complexity index is 947. The molecule has 134 valence electrons. The monoisotopic (exact) mass is 379 g/mol. The Hall–Kier alpha value is -2.80. The zero-order valence-corrected chi connectivity index (χ0v) is 14.3. The van der Waals surface area contributed by atoms with Crippen molar-refractivity contribution in [1.82, 2.24) is 9.78 Å². The highest BCUT2D eigenvalue weighted by molar-refractivity contribution is 6.33. The van der Waals surface area contributed by atoms with Crippen LogP contribution in [-0.4, -0.2) is 15.7 Å². The second kappa shape index (κ2) is 6.84. The Labute approximate surface area is 152 Å². The Balaban J connectivity index is 1.86. The Morgan fingerprint density at radius 2 is 1.88 bits per heavy atom. The van der Waals surface area contributed by atoms with Crippen molar-refractivity contribution >= 4 is 23.2 Å². The van der Waals surface area contributed by atoms with Crippen LogP contribution in [0.15, 0.2) is 54.7 Å². The molecule has 0 atom stereocenters. The molecule has 0 saturated heterocycles. The third kappa shape index (κ3) is 3.72. The lowest BCUT2D eigenvalue weighted by molar-refractivity contribution is -0.137. The molecule has 1 N–H and O–H groups in total. The third-order valence-electron chi connectivity index (χ3n) is 3.74. The van der Waals surface area contributed by atoms with E-state index in [0.717, 1.165) is 17.7 Å². The molecular weight excluding hydrogens is 367 g/mol. The van der Waals surface area contributed by atoms with E-state index < -0.39 is 17.6 Å². The summed E-state index contributed by atoms with van der Waals surface area (Å²) in [4.78, 5) is 12.3. The largest absolute Gasteiger partial charge is 0.416 e. The molecule has 1 aromatic heterocycles. The van der Waals surface area contributed by atoms with Gasteiger partial charge < -0.3 is 5.32 Å². The first-order valence-electron chi connectivity index (χ1n) is 7.52. The van der Waals surface area contributed by atoms with Gasteiger partial charge in [0.25, 0.3) is 5.91 Å². The van der Waals surface area contributed by atoms with Gasteiger partial charge in [-0.05, 0) is 30.3 Å². The number of halogens is 4. The van der Waals surface area contributed by atoms with Crippen LogP contribution in [0.1, 0.15) is 15.9 Å². The van der Waals surface area contributed by atoms with Gasteiger partial charge in [0.05, 0.1) is 22.5 Å². The second-order valence-corrected chi connectivity index (χ2v) is 5.99. The van der Waals surface area contributed by atoms with Crippen molar-refractivity contribution < 1.29 is 18.0 Å². The molecule has 0 bridgehead atoms. The molecule has 0 radical (unpaired) electrons. The lowest BCUT2D eigenvalue weighted by Gasteiger charge is -2.10. The number of hydrogen-bond acceptors (Lipinski definition) is 2. The van der Waals surface area contributed by atoms with E-state index in [4.69, 9.17) is 11.6 Å². The highest BCUT2D eigenvalue weighted by Crippen LogP contribution is 2.31. The first-order valence-corrected chi connectivity index (χ1v) is 7.90. The van der Waals surface area contributed by atoms with Crippen LogP contribution in [0, 0.1) is 0 Å². The Morgan fingerprint density at radius 3 is 2.54 bits per heavy atom. The number of rotatable bonds is 3. The SMILES string of the molecule is Cn1ncc(Cl)c1-c1cccc(NC(=O)c2cccc(C(F)(F)F)c2)c1. The summed E-state index contributed by atoms with van der Waals surface area (Å²) in [7, 11) is 1.73. The maximum atomic E-state index is 12.8. The maximum Gasteiger partial charge on any atom is 0.416 e. The molecule has 3 aromatic rings. The topological polar surface area (TPSA) is 46.9 Å². The number of aryl methyl sites for hydroxylation is 1. The summed E-state index contributed by atoms with van der Waals surface area (Å²) in [6.07, 6.45) is -3.00. The van der Waals surface area contributed by atoms with Crippen LogP contribution in [0.5, 0.6) is 0 Å². The Morgan fingerprint density at radius 1 is 1.15 bits per heavy atom. The average molecular weight is 380 g/mol. The van der Waals surface area contributed by atoms with Crippen molar-refractivity contribution in [3.63, 3.8) is 0 Å². The number of nitrogens with zero attached hydrogens (tertiary/aromatic N) is 2. The predicted octanol–water partition coefficient (Wildman–Crippen LogP) is 5.01. The van der Waals surface area contributed by atoms with E-state index in [-0.39, 0.29) is 5.56 Å². The highest BCUT2D eigenvalue weighted by atomic mass is 35.5. The van der Waals surface area contributed by atoms with Crippen LogP contribution in [0.4, 0.5) is 18.9 Å². The summed E-state index contributed by atoms with van der Waals surface area (Å²) in [5.41, 5.74) is 0.866. The van der Waals surface area contributed by atoms with Gasteiger partial charge in [-0.2, -0.15) is 18.3 Å². The van der Waals surface area contributed by atoms with Crippen molar-refractivity contribution in [3.8, 4) is 11.3 Å². The number of anilines is 1. The fourth-order valence-electron chi connectivity index (χ4n) is 2.52. The summed E-state index contributed by atoms with van der Waals surface area (Å²) in [6.45, 7) is 0. The smallest absolute Gasteiger partial charge is 0.322 e. The van der Waals surface area contributed by atoms with Gasteiger partial charge in [0.15, 0.2) is 0 Å². The van der Waals surface area contributed by atoms with E-state index in [1.54, 1.807) is 36.0 Å². The third-order valence-corrected chi connectivity index (χ3v) is 4.02. The van der Waals surface area contributed by atoms with Gasteiger partial charge in [-0.1, -0.05) is 29.8 Å². The first kappa shape index (κ1) is 18.0. The van der Waals surface area contributed by atoms with Gasteiger partial charge in [-0.15, -0.1) is 0 Å². The fourth-order valence-corrected chi connectivity index (χ4v) is 2.79. The summed E-state index contributed by atoms with van der Waals surface area (Å²) in [5.74, 6) is -0.635. The molecule has 0 fully saturated rings. The molecule has 26 heavy (non-hydrogen) atoms. The van der Waals surface area contributed by atoms with E-state index >= 15 is 0 Å². The van der Waals surface area contributed by atoms with E-state index in [1.165, 1.54) is 18.3 Å². The molecule has 1 amide bonds. The normalized spacial score (nSPS) is 11.4. The van der Waals surface area contributed by atoms with Gasteiger partial charge in [0.2, 0.25) is 0 Å². The molecule has 4 nitrogen and oxygen atoms in total. The quantitative estimate of drug-likeness (QED) is 0.695. The molecule has 0 spiro atoms. The Kier molecular flexibility index (Phi) is 4.73. The minimum atomic E-state index is -4.51. The van der Waals surface area contributed by atoms with Crippen LogP contribution >= 0.6 is 11.6 Å². The number of hydrogen-bond donors (Lipinski definition) is 1. The summed E-state index contributed by atoms with van der Waals surface area (Å²) in [5, 5.41) is 7.11. The van der Waals surface area contributed by atoms with Gasteiger partial charge in [0.1, 0.15) is 0 Å². The zero-order chi connectivity index (χ0) is 18.9. The molecule has 0 unspecified atom stereocenters. The lowest BCUT2D eigenvalue weighted by atomic mass is 10.1. The van der Waals surface area contributed by atoms with Crippen molar-refractivity contribution in [2.45, 2.75) is 6.18 Å². The molecule has 0 aliphatic rings. The fraction of sp³-hybridized carbons (Fsp3) is 0.111. The van der Waals surface area contributed by atoms with Crippen LogP contribution in [0.25, 0.3) is 11.3 Å². The molecule has 8 heteroatoms. The van der Waals surface area contributed by atoms with Crippen molar-refractivity contribution in [2.75, 3.05) is 5.32 Å². The maximum absolute atomic E-state index is 12.8. The summed E-state index contributed by atoms with van der Waals surface area (Å²) in [6, 6.07) is 11.1. The van der Waals surface area contributed by atoms with E-state index in [0.29, 0.717) is 16.4 Å². The van der Waals surface area contributed by atoms with Crippen LogP contribution in [0.2, 0.25) is 5.02 Å². The number of amides is 1. The van der Waals surface area contributed by atoms with Crippen LogP contribution in [0.3, 0.4) is 0 Å². The van der Waals surface area contributed by atoms with Gasteiger partial charge in [-0.3, -0.25) is 9.48 Å². The van der Waals surface area contributed by atoms with Gasteiger partial charge >= 0.3 is 6.18 Å². The van der Waals surface area contributed by atoms with Crippen molar-refractivity contribution in [3.05, 3.63) is 70.9 Å². The van der Waals surface area contributed by atoms with Gasteiger partial charge in [-0.25, -0.2) is 0 Å². The molecule has 2 aromatic carbocycles. The van der Waals surface area contributed by atoms with Crippen molar-refractivity contribution in [1.29, 1.82) is 0 Å². The minimum absolute atomic E-state index is 0.0798. The molecule has 3 rings (SSSR count). The molecule has 1 heterocycles. The summed E-state index contributed by atoms with van der Waals surface area (Å²) < 4.78 is 40.0. The predicted molar refractivity (Wildman–Crippen MR) is 93.1 cm³/mol. The number of alkyl halides is 3. The van der Waals surface area contributed by atoms with Crippen LogP contribution in [-0.2, 0) is 13.2 Å². The van der Waals surface area contributed by atoms with Gasteiger partial charge in [0, 0.05) is 23.9 Å². The number of aromatic nitrogens is 2. The van der Waals surface area contributed by atoms with E-state index in [1.807, 2.05) is 0 Å². The number of nitrogens with one attached hydrogen (secondary N) is 1. The molecule has 0 aliphatic heterocycles. The second-order valence-electron chi connectivity index (χ2n) is 5.58. The number of carbonyl (C=O) groups excluding carboxylic acids is 1.